The number of carbonyl (C=O) groups is 2. The van der Waals surface area contributed by atoms with Crippen LogP contribution in [0.5, 0.6) is 11.5 Å². The molecule has 1 saturated heterocycles. The Labute approximate surface area is 163 Å². The number of nitrogens with one attached hydrogen (secondary N) is 1. The van der Waals surface area contributed by atoms with E-state index < -0.39 is 5.92 Å². The SMILES string of the molecule is CCOc1cc(CNC(=O)[C@H]2CCN(c3ccc(F)cc3)C2=O)ccc1OC. The Kier molecular flexibility index (Phi) is 6.13. The van der Waals surface area contributed by atoms with Gasteiger partial charge >= 0.3 is 0 Å². The Morgan fingerprint density at radius 2 is 1.96 bits per heavy atom. The van der Waals surface area contributed by atoms with Gasteiger partial charge < -0.3 is 19.7 Å². The second kappa shape index (κ2) is 8.73. The van der Waals surface area contributed by atoms with E-state index in [1.807, 2.05) is 19.1 Å². The zero-order chi connectivity index (χ0) is 20.1. The lowest BCUT2D eigenvalue weighted by molar-refractivity contribution is -0.132. The molecule has 28 heavy (non-hydrogen) atoms. The third-order valence-corrected chi connectivity index (χ3v) is 4.65. The van der Waals surface area contributed by atoms with Crippen molar-refractivity contribution in [3.8, 4) is 11.5 Å². The molecule has 0 unspecified atom stereocenters. The molecule has 3 rings (SSSR count). The Bertz CT molecular complexity index is 854. The van der Waals surface area contributed by atoms with Crippen LogP contribution in [-0.2, 0) is 16.1 Å². The molecule has 6 nitrogen and oxygen atoms in total. The van der Waals surface area contributed by atoms with Crippen LogP contribution in [0.25, 0.3) is 0 Å². The number of amides is 2. The lowest BCUT2D eigenvalue weighted by atomic mass is 10.1. The van der Waals surface area contributed by atoms with E-state index in [-0.39, 0.29) is 24.2 Å². The molecule has 1 fully saturated rings. The minimum absolute atomic E-state index is 0.270. The van der Waals surface area contributed by atoms with Gasteiger partial charge in [-0.15, -0.1) is 0 Å². The van der Waals surface area contributed by atoms with E-state index in [4.69, 9.17) is 9.47 Å². The smallest absolute Gasteiger partial charge is 0.239 e. The van der Waals surface area contributed by atoms with Crippen LogP contribution in [-0.4, -0.2) is 32.1 Å². The maximum atomic E-state index is 13.1. The van der Waals surface area contributed by atoms with Gasteiger partial charge in [0.05, 0.1) is 13.7 Å². The third kappa shape index (κ3) is 4.24. The normalized spacial score (nSPS) is 16.2. The highest BCUT2D eigenvalue weighted by Crippen LogP contribution is 2.28. The molecule has 2 aromatic rings. The van der Waals surface area contributed by atoms with Crippen molar-refractivity contribution in [2.24, 2.45) is 5.92 Å². The largest absolute Gasteiger partial charge is 0.493 e. The summed E-state index contributed by atoms with van der Waals surface area (Å²) in [6.45, 7) is 3.09. The molecule has 2 aromatic carbocycles. The highest BCUT2D eigenvalue weighted by molar-refractivity contribution is 6.09. The number of carbonyl (C=O) groups excluding carboxylic acids is 2. The molecule has 148 valence electrons. The number of nitrogens with zero attached hydrogens (tertiary/aromatic N) is 1. The Balaban J connectivity index is 1.61. The van der Waals surface area contributed by atoms with Crippen molar-refractivity contribution in [2.75, 3.05) is 25.2 Å². The monoisotopic (exact) mass is 386 g/mol. The lowest BCUT2D eigenvalue weighted by Crippen LogP contribution is -2.36. The number of hydrogen-bond acceptors (Lipinski definition) is 4. The van der Waals surface area contributed by atoms with Crippen molar-refractivity contribution in [3.05, 3.63) is 53.8 Å². The summed E-state index contributed by atoms with van der Waals surface area (Å²) in [6, 6.07) is 11.1. The highest BCUT2D eigenvalue weighted by Gasteiger charge is 2.37. The molecule has 0 spiro atoms. The molecule has 0 saturated carbocycles. The van der Waals surface area contributed by atoms with Crippen molar-refractivity contribution in [1.29, 1.82) is 0 Å². The molecule has 0 radical (unpaired) electrons. The van der Waals surface area contributed by atoms with E-state index in [2.05, 4.69) is 5.32 Å². The van der Waals surface area contributed by atoms with Crippen molar-refractivity contribution < 1.29 is 23.5 Å². The fourth-order valence-electron chi connectivity index (χ4n) is 3.21. The predicted molar refractivity (Wildman–Crippen MR) is 103 cm³/mol. The Morgan fingerprint density at radius 1 is 1.21 bits per heavy atom. The Hall–Kier alpha value is -3.09. The van der Waals surface area contributed by atoms with Crippen molar-refractivity contribution in [1.82, 2.24) is 5.32 Å². The van der Waals surface area contributed by atoms with E-state index in [1.165, 1.54) is 17.0 Å². The van der Waals surface area contributed by atoms with Crippen LogP contribution >= 0.6 is 0 Å². The van der Waals surface area contributed by atoms with Gasteiger partial charge in [-0.1, -0.05) is 6.07 Å². The molecule has 1 aliphatic heterocycles. The summed E-state index contributed by atoms with van der Waals surface area (Å²) < 4.78 is 23.9. The number of benzene rings is 2. The van der Waals surface area contributed by atoms with Crippen molar-refractivity contribution >= 4 is 17.5 Å². The van der Waals surface area contributed by atoms with E-state index in [9.17, 15) is 14.0 Å². The quantitative estimate of drug-likeness (QED) is 0.743. The average molecular weight is 386 g/mol. The Morgan fingerprint density at radius 3 is 2.64 bits per heavy atom. The maximum Gasteiger partial charge on any atom is 0.239 e. The molecular weight excluding hydrogens is 363 g/mol. The summed E-state index contributed by atoms with van der Waals surface area (Å²) in [5.74, 6) is -0.462. The highest BCUT2D eigenvalue weighted by atomic mass is 19.1. The number of anilines is 1. The molecule has 1 aliphatic rings. The first-order valence-corrected chi connectivity index (χ1v) is 9.18. The van der Waals surface area contributed by atoms with Gasteiger partial charge in [0, 0.05) is 18.8 Å². The minimum Gasteiger partial charge on any atom is -0.493 e. The molecule has 0 aliphatic carbocycles. The first-order valence-electron chi connectivity index (χ1n) is 9.18. The molecule has 2 amide bonds. The number of ether oxygens (including phenoxy) is 2. The fourth-order valence-corrected chi connectivity index (χ4v) is 3.21. The van der Waals surface area contributed by atoms with E-state index in [0.29, 0.717) is 36.8 Å². The van der Waals surface area contributed by atoms with Gasteiger partial charge in [-0.3, -0.25) is 9.59 Å². The molecule has 7 heteroatoms. The van der Waals surface area contributed by atoms with E-state index in [0.717, 1.165) is 5.56 Å². The van der Waals surface area contributed by atoms with Crippen LogP contribution in [0.2, 0.25) is 0 Å². The second-order valence-electron chi connectivity index (χ2n) is 6.44. The summed E-state index contributed by atoms with van der Waals surface area (Å²) in [5, 5.41) is 2.82. The molecule has 1 atom stereocenters. The number of rotatable bonds is 7. The molecule has 0 bridgehead atoms. The standard InChI is InChI=1S/C21H23FN2O4/c1-3-28-19-12-14(4-9-18(19)27-2)13-23-20(25)17-10-11-24(21(17)26)16-7-5-15(22)6-8-16/h4-9,12,17H,3,10-11,13H2,1-2H3,(H,23,25)/t17-/m1/s1. The molecule has 1 heterocycles. The lowest BCUT2D eigenvalue weighted by Gasteiger charge is -2.17. The zero-order valence-electron chi connectivity index (χ0n) is 15.9. The van der Waals surface area contributed by atoms with Crippen LogP contribution in [0.15, 0.2) is 42.5 Å². The first kappa shape index (κ1) is 19.7. The van der Waals surface area contributed by atoms with Gasteiger partial charge in [-0.2, -0.15) is 0 Å². The van der Waals surface area contributed by atoms with Gasteiger partial charge in [0.25, 0.3) is 0 Å². The fraction of sp³-hybridized carbons (Fsp3) is 0.333. The van der Waals surface area contributed by atoms with E-state index in [1.54, 1.807) is 25.3 Å². The summed E-state index contributed by atoms with van der Waals surface area (Å²) in [4.78, 5) is 26.6. The van der Waals surface area contributed by atoms with Gasteiger partial charge in [0.2, 0.25) is 11.8 Å². The first-order chi connectivity index (χ1) is 13.5. The summed E-state index contributed by atoms with van der Waals surface area (Å²) in [6.07, 6.45) is 0.425. The number of halogens is 1. The zero-order valence-corrected chi connectivity index (χ0v) is 15.9. The van der Waals surface area contributed by atoms with Gasteiger partial charge in [-0.25, -0.2) is 4.39 Å². The van der Waals surface area contributed by atoms with Crippen LogP contribution in [0.4, 0.5) is 10.1 Å². The molecule has 1 N–H and O–H groups in total. The van der Waals surface area contributed by atoms with Crippen LogP contribution in [0, 0.1) is 11.7 Å². The average Bonchev–Trinajstić information content (AvgIpc) is 3.08. The van der Waals surface area contributed by atoms with Crippen molar-refractivity contribution in [3.63, 3.8) is 0 Å². The number of methoxy groups -OCH3 is 1. The van der Waals surface area contributed by atoms with E-state index >= 15 is 0 Å². The maximum absolute atomic E-state index is 13.1. The molecule has 0 aromatic heterocycles. The predicted octanol–water partition coefficient (Wildman–Crippen LogP) is 2.90. The van der Waals surface area contributed by atoms with Gasteiger partial charge in [0.1, 0.15) is 11.7 Å². The number of hydrogen-bond donors (Lipinski definition) is 1. The minimum atomic E-state index is -0.741. The summed E-state index contributed by atoms with van der Waals surface area (Å²) in [7, 11) is 1.57. The molecular formula is C21H23FN2O4. The topological polar surface area (TPSA) is 67.9 Å². The van der Waals surface area contributed by atoms with Gasteiger partial charge in [0.15, 0.2) is 11.5 Å². The van der Waals surface area contributed by atoms with Crippen LogP contribution in [0.3, 0.4) is 0 Å². The second-order valence-corrected chi connectivity index (χ2v) is 6.44. The van der Waals surface area contributed by atoms with Crippen LogP contribution in [0.1, 0.15) is 18.9 Å². The third-order valence-electron chi connectivity index (χ3n) is 4.65. The summed E-state index contributed by atoms with van der Waals surface area (Å²) >= 11 is 0. The van der Waals surface area contributed by atoms with Gasteiger partial charge in [-0.05, 0) is 55.3 Å². The van der Waals surface area contributed by atoms with Crippen LogP contribution < -0.4 is 19.7 Å². The summed E-state index contributed by atoms with van der Waals surface area (Å²) in [5.41, 5.74) is 1.44. The van der Waals surface area contributed by atoms with Crippen molar-refractivity contribution in [2.45, 2.75) is 19.9 Å².